The molecule has 6 heteroatoms. The van der Waals surface area contributed by atoms with Gasteiger partial charge in [-0.05, 0) is 13.0 Å². The van der Waals surface area contributed by atoms with Gasteiger partial charge in [-0.15, -0.1) is 0 Å². The van der Waals surface area contributed by atoms with Gasteiger partial charge in [0.25, 0.3) is 0 Å². The molecule has 1 aliphatic heterocycles. The molecule has 0 aliphatic carbocycles. The Bertz CT molecular complexity index is 284. The Kier molecular flexibility index (Phi) is 3.18. The first kappa shape index (κ1) is 9.70. The van der Waals surface area contributed by atoms with E-state index in [9.17, 15) is 0 Å². The van der Waals surface area contributed by atoms with Crippen LogP contribution in [-0.4, -0.2) is 38.6 Å². The van der Waals surface area contributed by atoms with Crippen LogP contribution in [0, 0.1) is 6.92 Å². The lowest BCUT2D eigenvalue weighted by Gasteiger charge is -2.30. The summed E-state index contributed by atoms with van der Waals surface area (Å²) in [6, 6.07) is 1.83. The zero-order chi connectivity index (χ0) is 9.80. The van der Waals surface area contributed by atoms with Gasteiger partial charge in [-0.25, -0.2) is 0 Å². The van der Waals surface area contributed by atoms with Crippen LogP contribution in [0.1, 0.15) is 5.69 Å². The summed E-state index contributed by atoms with van der Waals surface area (Å²) >= 11 is 0. The maximum Gasteiger partial charge on any atom is 0.219 e. The van der Waals surface area contributed by atoms with E-state index in [1.807, 2.05) is 13.0 Å². The van der Waals surface area contributed by atoms with E-state index in [4.69, 9.17) is 13.8 Å². The second-order valence-electron chi connectivity index (χ2n) is 3.19. The average molecular weight is 196 g/mol. The minimum Gasteiger partial charge on any atom is -0.583 e. The van der Waals surface area contributed by atoms with Crippen molar-refractivity contribution in [2.24, 2.45) is 0 Å². The average Bonchev–Trinajstić information content (AvgIpc) is 2.51. The number of hydrogen-bond acceptors (Lipinski definition) is 5. The van der Waals surface area contributed by atoms with Crippen LogP contribution in [0.4, 0.5) is 0 Å². The standard InChI is InChI=1S/C8H13BN2O3/c1-7-6-8(14-11-7)9-12-4-2-10-3-5-13-9/h6,10H,2-5H2,1H3/q-1. The van der Waals surface area contributed by atoms with Gasteiger partial charge in [0, 0.05) is 32.0 Å². The van der Waals surface area contributed by atoms with Crippen LogP contribution >= 0.6 is 0 Å². The molecule has 1 saturated heterocycles. The fourth-order valence-corrected chi connectivity index (χ4v) is 1.31. The summed E-state index contributed by atoms with van der Waals surface area (Å²) in [5.74, 6) is 0. The van der Waals surface area contributed by atoms with Crippen molar-refractivity contribution >= 4 is 12.8 Å². The minimum atomic E-state index is -0.404. The molecule has 1 aliphatic rings. The Morgan fingerprint density at radius 3 is 2.64 bits per heavy atom. The van der Waals surface area contributed by atoms with E-state index in [0.717, 1.165) is 18.8 Å². The highest BCUT2D eigenvalue weighted by molar-refractivity contribution is 6.59. The molecular formula is C8H13BN2O3-. The molecule has 5 nitrogen and oxygen atoms in total. The Morgan fingerprint density at radius 1 is 1.36 bits per heavy atom. The van der Waals surface area contributed by atoms with Crippen LogP contribution in [0.15, 0.2) is 10.6 Å². The van der Waals surface area contributed by atoms with E-state index in [1.165, 1.54) is 0 Å². The summed E-state index contributed by atoms with van der Waals surface area (Å²) in [5, 5.41) is 6.96. The molecule has 2 rings (SSSR count). The second-order valence-corrected chi connectivity index (χ2v) is 3.19. The first-order chi connectivity index (χ1) is 6.86. The molecule has 1 fully saturated rings. The van der Waals surface area contributed by atoms with Crippen LogP contribution in [0.25, 0.3) is 0 Å². The van der Waals surface area contributed by atoms with Crippen LogP contribution in [0.5, 0.6) is 0 Å². The Labute approximate surface area is 82.9 Å². The molecule has 0 amide bonds. The van der Waals surface area contributed by atoms with Crippen LogP contribution < -0.4 is 11.0 Å². The van der Waals surface area contributed by atoms with Gasteiger partial charge in [0.05, 0.1) is 5.69 Å². The van der Waals surface area contributed by atoms with Gasteiger partial charge in [0.2, 0.25) is 7.12 Å². The molecule has 1 N–H and O–H groups in total. The molecule has 0 unspecified atom stereocenters. The van der Waals surface area contributed by atoms with Crippen LogP contribution in [0.3, 0.4) is 0 Å². The summed E-state index contributed by atoms with van der Waals surface area (Å²) in [5.41, 5.74) is 1.48. The van der Waals surface area contributed by atoms with E-state index in [1.54, 1.807) is 0 Å². The van der Waals surface area contributed by atoms with Gasteiger partial charge >= 0.3 is 0 Å². The first-order valence-corrected chi connectivity index (χ1v) is 4.73. The van der Waals surface area contributed by atoms with Crippen molar-refractivity contribution in [3.05, 3.63) is 11.8 Å². The van der Waals surface area contributed by atoms with Gasteiger partial charge < -0.3 is 19.1 Å². The number of aromatic nitrogens is 1. The topological polar surface area (TPSA) is 56.5 Å². The molecule has 1 radical (unpaired) electrons. The Hall–Kier alpha value is -0.845. The molecule has 0 bridgehead atoms. The van der Waals surface area contributed by atoms with E-state index < -0.39 is 7.12 Å². The molecule has 0 spiro atoms. The van der Waals surface area contributed by atoms with Gasteiger partial charge in [0.1, 0.15) is 0 Å². The maximum absolute atomic E-state index is 5.46. The third kappa shape index (κ3) is 2.34. The highest BCUT2D eigenvalue weighted by Crippen LogP contribution is 1.97. The van der Waals surface area contributed by atoms with Gasteiger partial charge in [0.15, 0.2) is 0 Å². The predicted molar refractivity (Wildman–Crippen MR) is 51.4 cm³/mol. The molecule has 0 aromatic carbocycles. The van der Waals surface area contributed by atoms with Crippen molar-refractivity contribution in [3.8, 4) is 0 Å². The number of hydrogen-bond donors (Lipinski definition) is 1. The molecule has 1 aromatic heterocycles. The van der Waals surface area contributed by atoms with Crippen molar-refractivity contribution in [2.45, 2.75) is 6.92 Å². The van der Waals surface area contributed by atoms with Crippen molar-refractivity contribution in [1.29, 1.82) is 0 Å². The summed E-state index contributed by atoms with van der Waals surface area (Å²) < 4.78 is 16.0. The number of aryl methyl sites for hydroxylation is 1. The monoisotopic (exact) mass is 196 g/mol. The third-order valence-electron chi connectivity index (χ3n) is 1.97. The van der Waals surface area contributed by atoms with E-state index in [2.05, 4.69) is 10.5 Å². The second kappa shape index (κ2) is 4.59. The molecule has 2 heterocycles. The largest absolute Gasteiger partial charge is 0.583 e. The zero-order valence-electron chi connectivity index (χ0n) is 8.16. The summed E-state index contributed by atoms with van der Waals surface area (Å²) in [6.45, 7) is 4.78. The predicted octanol–water partition coefficient (Wildman–Crippen LogP) is -0.685. The SMILES string of the molecule is Cc1cc([B-]2OCCNCCO2)on1. The highest BCUT2D eigenvalue weighted by Gasteiger charge is 2.09. The smallest absolute Gasteiger partial charge is 0.219 e. The molecule has 14 heavy (non-hydrogen) atoms. The van der Waals surface area contributed by atoms with E-state index in [0.29, 0.717) is 18.9 Å². The van der Waals surface area contributed by atoms with Gasteiger partial charge in [-0.2, -0.15) is 0 Å². The molecule has 1 aromatic rings. The van der Waals surface area contributed by atoms with Crippen LogP contribution in [-0.2, 0) is 9.31 Å². The number of rotatable bonds is 1. The lowest BCUT2D eigenvalue weighted by molar-refractivity contribution is 0.182. The Morgan fingerprint density at radius 2 is 2.07 bits per heavy atom. The summed E-state index contributed by atoms with van der Waals surface area (Å²) in [4.78, 5) is 0. The fourth-order valence-electron chi connectivity index (χ4n) is 1.31. The van der Waals surface area contributed by atoms with E-state index in [-0.39, 0.29) is 0 Å². The Balaban J connectivity index is 2.00. The fraction of sp³-hybridized carbons (Fsp3) is 0.625. The molecule has 0 saturated carbocycles. The lowest BCUT2D eigenvalue weighted by atomic mass is 9.85. The summed E-state index contributed by atoms with van der Waals surface area (Å²) in [6.07, 6.45) is 0. The van der Waals surface area contributed by atoms with Gasteiger partial charge in [-0.1, -0.05) is 5.16 Å². The first-order valence-electron chi connectivity index (χ1n) is 4.73. The van der Waals surface area contributed by atoms with E-state index >= 15 is 0 Å². The van der Waals surface area contributed by atoms with Crippen molar-refractivity contribution < 1.29 is 13.8 Å². The lowest BCUT2D eigenvalue weighted by Crippen LogP contribution is -2.42. The molecule has 77 valence electrons. The van der Waals surface area contributed by atoms with Crippen molar-refractivity contribution in [3.63, 3.8) is 0 Å². The van der Waals surface area contributed by atoms with Crippen molar-refractivity contribution in [2.75, 3.05) is 26.3 Å². The quantitative estimate of drug-likeness (QED) is 0.602. The molecule has 0 atom stereocenters. The normalized spacial score (nSPS) is 20.4. The van der Waals surface area contributed by atoms with Crippen molar-refractivity contribution in [1.82, 2.24) is 10.5 Å². The highest BCUT2D eigenvalue weighted by atomic mass is 16.6. The van der Waals surface area contributed by atoms with Crippen LogP contribution in [0.2, 0.25) is 0 Å². The number of nitrogens with one attached hydrogen (secondary N) is 1. The number of nitrogens with zero attached hydrogens (tertiary/aromatic N) is 1. The maximum atomic E-state index is 5.46. The summed E-state index contributed by atoms with van der Waals surface area (Å²) in [7, 11) is -0.404. The zero-order valence-corrected chi connectivity index (χ0v) is 8.16. The third-order valence-corrected chi connectivity index (χ3v) is 1.97. The molecular weight excluding hydrogens is 183 g/mol. The minimum absolute atomic E-state index is 0.404. The van der Waals surface area contributed by atoms with Gasteiger partial charge in [-0.3, -0.25) is 0 Å².